The second-order valence-corrected chi connectivity index (χ2v) is 11.1. The molecule has 1 amide bonds. The molecule has 172 valence electrons. The molecule has 2 unspecified atom stereocenters. The Morgan fingerprint density at radius 2 is 1.91 bits per heavy atom. The number of fused-ring (bicyclic) bond motifs is 3. The molecule has 2 aromatic heterocycles. The highest BCUT2D eigenvalue weighted by Crippen LogP contribution is 2.52. The Labute approximate surface area is 198 Å². The summed E-state index contributed by atoms with van der Waals surface area (Å²) in [7, 11) is 0. The van der Waals surface area contributed by atoms with E-state index in [1.165, 1.54) is 0 Å². The van der Waals surface area contributed by atoms with E-state index in [2.05, 4.69) is 64.4 Å². The molecule has 3 heterocycles. The number of pyridine rings is 1. The predicted molar refractivity (Wildman–Crippen MR) is 130 cm³/mol. The predicted octanol–water partition coefficient (Wildman–Crippen LogP) is 4.92. The van der Waals surface area contributed by atoms with Crippen molar-refractivity contribution in [3.63, 3.8) is 0 Å². The number of likely N-dealkylation sites (tertiary alicyclic amines) is 1. The van der Waals surface area contributed by atoms with Crippen molar-refractivity contribution in [3.8, 4) is 16.8 Å². The highest BCUT2D eigenvalue weighted by atomic mass is 16.2. The van der Waals surface area contributed by atoms with Gasteiger partial charge in [-0.3, -0.25) is 9.78 Å². The van der Waals surface area contributed by atoms with Crippen LogP contribution in [0.15, 0.2) is 61.1 Å². The van der Waals surface area contributed by atoms with Gasteiger partial charge in [-0.25, -0.2) is 4.68 Å². The topological polar surface area (TPSA) is 76.8 Å². The number of benzene rings is 2. The van der Waals surface area contributed by atoms with E-state index in [-0.39, 0.29) is 22.8 Å². The van der Waals surface area contributed by atoms with Crippen LogP contribution in [0, 0.1) is 10.8 Å². The van der Waals surface area contributed by atoms with Crippen molar-refractivity contribution < 1.29 is 4.79 Å². The standard InChI is InChI=1S/C27H28N6O/c1-26(2)13-22-14-27(3,15-26)16-32(22)25(34)20-10-19(11-21(12-20)33-17-29-30-31-33)23-8-4-6-18-7-5-9-28-24(18)23/h4-12,17,22H,13-16H2,1-3H3. The van der Waals surface area contributed by atoms with Gasteiger partial charge < -0.3 is 4.90 Å². The van der Waals surface area contributed by atoms with Gasteiger partial charge in [0.15, 0.2) is 0 Å². The van der Waals surface area contributed by atoms with Crippen molar-refractivity contribution in [3.05, 3.63) is 66.6 Å². The monoisotopic (exact) mass is 452 g/mol. The number of carbonyl (C=O) groups excluding carboxylic acids is 1. The summed E-state index contributed by atoms with van der Waals surface area (Å²) >= 11 is 0. The lowest BCUT2D eigenvalue weighted by atomic mass is 9.65. The Morgan fingerprint density at radius 1 is 1.06 bits per heavy atom. The fourth-order valence-corrected chi connectivity index (χ4v) is 6.50. The van der Waals surface area contributed by atoms with Crippen LogP contribution in [0.1, 0.15) is 50.4 Å². The van der Waals surface area contributed by atoms with E-state index in [4.69, 9.17) is 0 Å². The van der Waals surface area contributed by atoms with Gasteiger partial charge >= 0.3 is 0 Å². The summed E-state index contributed by atoms with van der Waals surface area (Å²) in [6.07, 6.45) is 6.63. The molecule has 0 spiro atoms. The fraction of sp³-hybridized carbons (Fsp3) is 0.370. The van der Waals surface area contributed by atoms with Gasteiger partial charge in [-0.1, -0.05) is 45.0 Å². The summed E-state index contributed by atoms with van der Waals surface area (Å²) in [6, 6.07) is 16.3. The Bertz CT molecular complexity index is 1390. The van der Waals surface area contributed by atoms with Crippen LogP contribution >= 0.6 is 0 Å². The molecule has 7 nitrogen and oxygen atoms in total. The van der Waals surface area contributed by atoms with Crippen molar-refractivity contribution >= 4 is 16.8 Å². The van der Waals surface area contributed by atoms with Gasteiger partial charge in [0.2, 0.25) is 0 Å². The van der Waals surface area contributed by atoms with Crippen LogP contribution in [-0.4, -0.2) is 48.6 Å². The number of hydrogen-bond acceptors (Lipinski definition) is 5. The summed E-state index contributed by atoms with van der Waals surface area (Å²) < 4.78 is 1.60. The molecular formula is C27H28N6O. The first kappa shape index (κ1) is 21.0. The Morgan fingerprint density at radius 3 is 2.74 bits per heavy atom. The van der Waals surface area contributed by atoms with E-state index in [1.54, 1.807) is 17.2 Å². The van der Waals surface area contributed by atoms with Gasteiger partial charge in [-0.2, -0.15) is 0 Å². The number of aromatic nitrogens is 5. The number of nitrogens with zero attached hydrogens (tertiary/aromatic N) is 6. The highest BCUT2D eigenvalue weighted by molar-refractivity contribution is 5.99. The summed E-state index contributed by atoms with van der Waals surface area (Å²) in [5, 5.41) is 12.7. The van der Waals surface area contributed by atoms with E-state index in [0.29, 0.717) is 5.56 Å². The molecule has 2 aromatic carbocycles. The van der Waals surface area contributed by atoms with E-state index in [1.807, 2.05) is 30.3 Å². The maximum atomic E-state index is 14.0. The van der Waals surface area contributed by atoms with E-state index in [9.17, 15) is 4.79 Å². The normalized spacial score (nSPS) is 23.4. The molecule has 1 saturated carbocycles. The molecule has 2 atom stereocenters. The average molecular weight is 453 g/mol. The minimum atomic E-state index is 0.0794. The molecule has 2 fully saturated rings. The first-order valence-electron chi connectivity index (χ1n) is 11.8. The van der Waals surface area contributed by atoms with E-state index >= 15 is 0 Å². The molecule has 1 aliphatic carbocycles. The smallest absolute Gasteiger partial charge is 0.254 e. The van der Waals surface area contributed by atoms with Crippen LogP contribution in [0.3, 0.4) is 0 Å². The fourth-order valence-electron chi connectivity index (χ4n) is 6.50. The minimum absolute atomic E-state index is 0.0794. The largest absolute Gasteiger partial charge is 0.335 e. The number of rotatable bonds is 3. The number of carbonyl (C=O) groups is 1. The number of tetrazole rings is 1. The van der Waals surface area contributed by atoms with Crippen LogP contribution in [0.25, 0.3) is 27.7 Å². The van der Waals surface area contributed by atoms with E-state index in [0.717, 1.165) is 53.5 Å². The zero-order valence-corrected chi connectivity index (χ0v) is 19.8. The number of para-hydroxylation sites is 1. The van der Waals surface area contributed by atoms with Crippen LogP contribution in [0.2, 0.25) is 0 Å². The molecular weight excluding hydrogens is 424 g/mol. The lowest BCUT2D eigenvalue weighted by molar-refractivity contribution is 0.0708. The van der Waals surface area contributed by atoms with Gasteiger partial charge in [0.25, 0.3) is 5.91 Å². The molecule has 4 aromatic rings. The number of amides is 1. The van der Waals surface area contributed by atoms with Crippen LogP contribution < -0.4 is 0 Å². The molecule has 7 heteroatoms. The second-order valence-electron chi connectivity index (χ2n) is 11.1. The molecule has 0 N–H and O–H groups in total. The Hall–Kier alpha value is -3.61. The molecule has 6 rings (SSSR count). The first-order chi connectivity index (χ1) is 16.3. The van der Waals surface area contributed by atoms with Gasteiger partial charge in [0, 0.05) is 35.3 Å². The van der Waals surface area contributed by atoms with Crippen LogP contribution in [-0.2, 0) is 0 Å². The van der Waals surface area contributed by atoms with Crippen molar-refractivity contribution in [1.29, 1.82) is 0 Å². The van der Waals surface area contributed by atoms with Gasteiger partial charge in [-0.15, -0.1) is 5.10 Å². The van der Waals surface area contributed by atoms with Crippen molar-refractivity contribution in [1.82, 2.24) is 30.1 Å². The molecule has 34 heavy (non-hydrogen) atoms. The highest BCUT2D eigenvalue weighted by Gasteiger charge is 2.51. The minimum Gasteiger partial charge on any atom is -0.335 e. The summed E-state index contributed by atoms with van der Waals surface area (Å²) in [5.74, 6) is 0.0794. The zero-order valence-electron chi connectivity index (χ0n) is 19.8. The van der Waals surface area contributed by atoms with Crippen molar-refractivity contribution in [2.75, 3.05) is 6.54 Å². The quantitative estimate of drug-likeness (QED) is 0.441. The second kappa shape index (κ2) is 7.45. The van der Waals surface area contributed by atoms with Gasteiger partial charge in [0.1, 0.15) is 6.33 Å². The third-order valence-electron chi connectivity index (χ3n) is 7.40. The zero-order chi connectivity index (χ0) is 23.5. The molecule has 1 aliphatic heterocycles. The lowest BCUT2D eigenvalue weighted by Gasteiger charge is -2.39. The third kappa shape index (κ3) is 3.56. The summed E-state index contributed by atoms with van der Waals surface area (Å²) in [4.78, 5) is 20.7. The molecule has 0 radical (unpaired) electrons. The van der Waals surface area contributed by atoms with Gasteiger partial charge in [-0.05, 0) is 70.3 Å². The summed E-state index contributed by atoms with van der Waals surface area (Å²) in [5.41, 5.74) is 4.66. The van der Waals surface area contributed by atoms with Gasteiger partial charge in [0.05, 0.1) is 11.2 Å². The maximum Gasteiger partial charge on any atom is 0.254 e. The maximum absolute atomic E-state index is 14.0. The molecule has 2 bridgehead atoms. The molecule has 2 aliphatic rings. The van der Waals surface area contributed by atoms with Crippen molar-refractivity contribution in [2.24, 2.45) is 10.8 Å². The van der Waals surface area contributed by atoms with E-state index < -0.39 is 0 Å². The van der Waals surface area contributed by atoms with Crippen LogP contribution in [0.5, 0.6) is 0 Å². The van der Waals surface area contributed by atoms with Crippen LogP contribution in [0.4, 0.5) is 0 Å². The first-order valence-corrected chi connectivity index (χ1v) is 11.8. The summed E-state index contributed by atoms with van der Waals surface area (Å²) in [6.45, 7) is 7.80. The lowest BCUT2D eigenvalue weighted by Crippen LogP contribution is -2.37. The average Bonchev–Trinajstić information content (AvgIpc) is 3.43. The molecule has 1 saturated heterocycles. The third-order valence-corrected chi connectivity index (χ3v) is 7.40. The number of hydrogen-bond donors (Lipinski definition) is 0. The Balaban J connectivity index is 1.47. The Kier molecular flexibility index (Phi) is 4.59. The van der Waals surface area contributed by atoms with Crippen molar-refractivity contribution in [2.45, 2.75) is 46.1 Å². The SMILES string of the molecule is CC1(C)CC2CC(C)(CN2C(=O)c2cc(-c3cccc4cccnc34)cc(-n3cnnn3)c2)C1.